The molecule has 1 heterocycles. The van der Waals surface area contributed by atoms with Crippen LogP contribution in [0.25, 0.3) is 0 Å². The molecule has 0 radical (unpaired) electrons. The first-order chi connectivity index (χ1) is 13.2. The smallest absolute Gasteiger partial charge is 0.254 e. The van der Waals surface area contributed by atoms with Crippen LogP contribution in [0.1, 0.15) is 34.3 Å². The lowest BCUT2D eigenvalue weighted by Crippen LogP contribution is -2.32. The second-order valence-corrected chi connectivity index (χ2v) is 7.53. The van der Waals surface area contributed by atoms with E-state index in [1.807, 2.05) is 29.2 Å². The Hall–Kier alpha value is -2.67. The quantitative estimate of drug-likeness (QED) is 0.627. The molecule has 138 valence electrons. The van der Waals surface area contributed by atoms with Gasteiger partial charge in [-0.05, 0) is 48.2 Å². The fourth-order valence-electron chi connectivity index (χ4n) is 2.86. The van der Waals surface area contributed by atoms with E-state index in [0.717, 1.165) is 34.9 Å². The first-order valence-electron chi connectivity index (χ1n) is 8.81. The fraction of sp³-hybridized carbons (Fsp3) is 0.250. The molecule has 0 spiro atoms. The van der Waals surface area contributed by atoms with Crippen LogP contribution in [0.2, 0.25) is 0 Å². The van der Waals surface area contributed by atoms with Crippen LogP contribution >= 0.6 is 11.8 Å². The van der Waals surface area contributed by atoms with Gasteiger partial charge in [0.1, 0.15) is 12.1 Å². The van der Waals surface area contributed by atoms with Crippen molar-refractivity contribution >= 4 is 17.7 Å². The maximum absolute atomic E-state index is 13.1. The first kappa shape index (κ1) is 17.7. The Morgan fingerprint density at radius 1 is 1.11 bits per heavy atom. The van der Waals surface area contributed by atoms with Gasteiger partial charge in [-0.3, -0.25) is 9.89 Å². The predicted molar refractivity (Wildman–Crippen MR) is 102 cm³/mol. The second-order valence-electron chi connectivity index (χ2n) is 6.57. The zero-order valence-electron chi connectivity index (χ0n) is 14.6. The van der Waals surface area contributed by atoms with Gasteiger partial charge in [0.25, 0.3) is 5.91 Å². The van der Waals surface area contributed by atoms with E-state index in [0.29, 0.717) is 12.1 Å². The Morgan fingerprint density at radius 2 is 1.81 bits per heavy atom. The summed E-state index contributed by atoms with van der Waals surface area (Å²) < 4.78 is 13.1. The Bertz CT molecular complexity index is 893. The Kier molecular flexibility index (Phi) is 5.20. The molecule has 27 heavy (non-hydrogen) atoms. The van der Waals surface area contributed by atoms with Gasteiger partial charge in [0.15, 0.2) is 5.16 Å². The van der Waals surface area contributed by atoms with Gasteiger partial charge in [-0.2, -0.15) is 5.10 Å². The number of hydrogen-bond acceptors (Lipinski definition) is 4. The molecule has 0 aliphatic heterocycles. The molecule has 4 rings (SSSR count). The highest BCUT2D eigenvalue weighted by Crippen LogP contribution is 2.30. The minimum Gasteiger partial charge on any atom is -0.331 e. The third kappa shape index (κ3) is 4.54. The number of amides is 1. The number of aromatic amines is 1. The van der Waals surface area contributed by atoms with Gasteiger partial charge >= 0.3 is 0 Å². The van der Waals surface area contributed by atoms with Crippen LogP contribution in [0.15, 0.2) is 60.0 Å². The number of carbonyl (C=O) groups is 1. The molecule has 1 aliphatic rings. The number of rotatable bonds is 7. The van der Waals surface area contributed by atoms with Gasteiger partial charge < -0.3 is 4.90 Å². The molecule has 1 fully saturated rings. The van der Waals surface area contributed by atoms with Crippen molar-refractivity contribution in [1.82, 2.24) is 20.1 Å². The number of nitrogens with one attached hydrogen (secondary N) is 1. The summed E-state index contributed by atoms with van der Waals surface area (Å²) in [7, 11) is 0. The maximum atomic E-state index is 13.1. The molecule has 3 aromatic rings. The third-order valence-electron chi connectivity index (χ3n) is 4.48. The number of nitrogens with zero attached hydrogens (tertiary/aromatic N) is 3. The van der Waals surface area contributed by atoms with E-state index < -0.39 is 0 Å². The highest BCUT2D eigenvalue weighted by atomic mass is 32.2. The van der Waals surface area contributed by atoms with Crippen LogP contribution in [0.3, 0.4) is 0 Å². The molecule has 1 N–H and O–H groups in total. The van der Waals surface area contributed by atoms with Crippen molar-refractivity contribution in [2.75, 3.05) is 0 Å². The van der Waals surface area contributed by atoms with Crippen LogP contribution in [-0.2, 0) is 12.3 Å². The summed E-state index contributed by atoms with van der Waals surface area (Å²) in [5.41, 5.74) is 2.73. The summed E-state index contributed by atoms with van der Waals surface area (Å²) in [6.07, 6.45) is 3.54. The summed E-state index contributed by atoms with van der Waals surface area (Å²) >= 11 is 1.56. The summed E-state index contributed by atoms with van der Waals surface area (Å²) in [5, 5.41) is 7.41. The van der Waals surface area contributed by atoms with Gasteiger partial charge in [0, 0.05) is 23.9 Å². The lowest BCUT2D eigenvalue weighted by molar-refractivity contribution is 0.0730. The average Bonchev–Trinajstić information content (AvgIpc) is 3.40. The summed E-state index contributed by atoms with van der Waals surface area (Å²) in [5.74, 6) is 0.518. The van der Waals surface area contributed by atoms with Crippen molar-refractivity contribution in [3.8, 4) is 0 Å². The lowest BCUT2D eigenvalue weighted by atomic mass is 10.1. The van der Waals surface area contributed by atoms with E-state index in [4.69, 9.17) is 0 Å². The molecule has 1 amide bonds. The fourth-order valence-corrected chi connectivity index (χ4v) is 3.60. The van der Waals surface area contributed by atoms with E-state index in [2.05, 4.69) is 15.2 Å². The van der Waals surface area contributed by atoms with Crippen LogP contribution < -0.4 is 0 Å². The second kappa shape index (κ2) is 7.92. The highest BCUT2D eigenvalue weighted by molar-refractivity contribution is 7.98. The third-order valence-corrected chi connectivity index (χ3v) is 5.43. The largest absolute Gasteiger partial charge is 0.331 e. The van der Waals surface area contributed by atoms with Crippen LogP contribution in [0.5, 0.6) is 0 Å². The summed E-state index contributed by atoms with van der Waals surface area (Å²) in [4.78, 5) is 19.0. The van der Waals surface area contributed by atoms with Gasteiger partial charge in [-0.25, -0.2) is 9.37 Å². The normalized spacial score (nSPS) is 13.5. The molecule has 2 aromatic carbocycles. The Labute approximate surface area is 161 Å². The lowest BCUT2D eigenvalue weighted by Gasteiger charge is -2.23. The van der Waals surface area contributed by atoms with E-state index in [-0.39, 0.29) is 17.8 Å². The summed E-state index contributed by atoms with van der Waals surface area (Å²) in [6.45, 7) is 0.507. The SMILES string of the molecule is O=C(c1ccc(CSc2ncn[nH]2)cc1)N(Cc1ccc(F)cc1)C1CC1. The van der Waals surface area contributed by atoms with Crippen molar-refractivity contribution < 1.29 is 9.18 Å². The van der Waals surface area contributed by atoms with Crippen molar-refractivity contribution in [2.45, 2.75) is 36.3 Å². The zero-order valence-corrected chi connectivity index (χ0v) is 15.5. The van der Waals surface area contributed by atoms with Crippen molar-refractivity contribution in [2.24, 2.45) is 0 Å². The molecular formula is C20H19FN4OS. The van der Waals surface area contributed by atoms with Crippen LogP contribution in [-0.4, -0.2) is 32.0 Å². The molecule has 0 atom stereocenters. The van der Waals surface area contributed by atoms with E-state index >= 15 is 0 Å². The number of hydrogen-bond donors (Lipinski definition) is 1. The van der Waals surface area contributed by atoms with E-state index in [1.54, 1.807) is 23.9 Å². The van der Waals surface area contributed by atoms with Crippen LogP contribution in [0.4, 0.5) is 4.39 Å². The standard InChI is InChI=1S/C20H19FN4OS/c21-17-7-3-14(4-8-17)11-25(18-9-10-18)19(26)16-5-1-15(2-6-16)12-27-20-22-13-23-24-20/h1-8,13,18H,9-12H2,(H,22,23,24). The number of carbonyl (C=O) groups excluding carboxylic acids is 1. The van der Waals surface area contributed by atoms with Gasteiger partial charge in [-0.1, -0.05) is 36.0 Å². The van der Waals surface area contributed by atoms with E-state index in [9.17, 15) is 9.18 Å². The summed E-state index contributed by atoms with van der Waals surface area (Å²) in [6, 6.07) is 14.3. The van der Waals surface area contributed by atoms with Gasteiger partial charge in [-0.15, -0.1) is 0 Å². The van der Waals surface area contributed by atoms with Crippen molar-refractivity contribution in [3.05, 3.63) is 77.4 Å². The number of H-pyrrole nitrogens is 1. The minimum atomic E-state index is -0.262. The Morgan fingerprint density at radius 3 is 2.44 bits per heavy atom. The molecule has 0 saturated heterocycles. The molecule has 5 nitrogen and oxygen atoms in total. The zero-order chi connectivity index (χ0) is 18.6. The topological polar surface area (TPSA) is 61.9 Å². The van der Waals surface area contributed by atoms with Gasteiger partial charge in [0.05, 0.1) is 0 Å². The minimum absolute atomic E-state index is 0.0243. The number of benzene rings is 2. The number of thioether (sulfide) groups is 1. The predicted octanol–water partition coefficient (Wildman–Crippen LogP) is 4.04. The molecule has 0 bridgehead atoms. The van der Waals surface area contributed by atoms with Crippen LogP contribution in [0, 0.1) is 5.82 Å². The Balaban J connectivity index is 1.42. The van der Waals surface area contributed by atoms with Gasteiger partial charge in [0.2, 0.25) is 0 Å². The average molecular weight is 382 g/mol. The molecule has 1 saturated carbocycles. The maximum Gasteiger partial charge on any atom is 0.254 e. The molecular weight excluding hydrogens is 363 g/mol. The molecule has 0 unspecified atom stereocenters. The number of aromatic nitrogens is 3. The van der Waals surface area contributed by atoms with Crippen molar-refractivity contribution in [1.29, 1.82) is 0 Å². The molecule has 7 heteroatoms. The monoisotopic (exact) mass is 382 g/mol. The molecule has 1 aromatic heterocycles. The van der Waals surface area contributed by atoms with Crippen molar-refractivity contribution in [3.63, 3.8) is 0 Å². The number of halogens is 1. The highest BCUT2D eigenvalue weighted by Gasteiger charge is 2.33. The molecule has 1 aliphatic carbocycles. The first-order valence-corrected chi connectivity index (χ1v) is 9.80. The van der Waals surface area contributed by atoms with E-state index in [1.165, 1.54) is 18.5 Å².